The lowest BCUT2D eigenvalue weighted by Crippen LogP contribution is -2.44. The Morgan fingerprint density at radius 3 is 2.47 bits per heavy atom. The minimum atomic E-state index is -0.000852. The predicted molar refractivity (Wildman–Crippen MR) is 69.9 cm³/mol. The van der Waals surface area contributed by atoms with Gasteiger partial charge in [-0.25, -0.2) is 0 Å². The van der Waals surface area contributed by atoms with Gasteiger partial charge in [0.2, 0.25) is 0 Å². The van der Waals surface area contributed by atoms with E-state index in [2.05, 4.69) is 4.90 Å². The van der Waals surface area contributed by atoms with E-state index in [1.54, 1.807) is 0 Å². The molecule has 0 spiro atoms. The van der Waals surface area contributed by atoms with E-state index in [1.165, 1.54) is 64.6 Å². The molecule has 0 aromatic carbocycles. The number of fused-ring (bicyclic) bond motifs is 1. The minimum Gasteiger partial charge on any atom is -0.393 e. The van der Waals surface area contributed by atoms with Crippen LogP contribution in [-0.4, -0.2) is 35.7 Å². The number of hydrogen-bond acceptors (Lipinski definition) is 2. The second-order valence-electron chi connectivity index (χ2n) is 6.61. The summed E-state index contributed by atoms with van der Waals surface area (Å²) in [5.74, 6) is 2.60. The van der Waals surface area contributed by atoms with Crippen LogP contribution in [0.1, 0.15) is 51.4 Å². The molecule has 17 heavy (non-hydrogen) atoms. The Hall–Kier alpha value is -0.0800. The summed E-state index contributed by atoms with van der Waals surface area (Å²) in [5.41, 5.74) is 0. The normalized spacial score (nSPS) is 43.6. The average molecular weight is 237 g/mol. The highest BCUT2D eigenvalue weighted by Gasteiger charge is 2.33. The molecule has 3 rings (SSSR count). The molecular formula is C15H27NO. The van der Waals surface area contributed by atoms with E-state index >= 15 is 0 Å². The fourth-order valence-electron chi connectivity index (χ4n) is 4.40. The second-order valence-corrected chi connectivity index (χ2v) is 6.61. The first kappa shape index (κ1) is 12.0. The quantitative estimate of drug-likeness (QED) is 0.798. The van der Waals surface area contributed by atoms with Crippen molar-refractivity contribution >= 4 is 0 Å². The monoisotopic (exact) mass is 237 g/mol. The summed E-state index contributed by atoms with van der Waals surface area (Å²) in [6.45, 7) is 3.79. The highest BCUT2D eigenvalue weighted by Crippen LogP contribution is 2.37. The third-order valence-electron chi connectivity index (χ3n) is 5.49. The zero-order valence-electron chi connectivity index (χ0n) is 11.0. The van der Waals surface area contributed by atoms with Crippen LogP contribution < -0.4 is 0 Å². The van der Waals surface area contributed by atoms with Gasteiger partial charge in [-0.3, -0.25) is 0 Å². The Morgan fingerprint density at radius 1 is 0.882 bits per heavy atom. The van der Waals surface area contributed by atoms with Crippen molar-refractivity contribution in [2.45, 2.75) is 57.5 Å². The first-order chi connectivity index (χ1) is 8.33. The van der Waals surface area contributed by atoms with Crippen molar-refractivity contribution < 1.29 is 5.11 Å². The highest BCUT2D eigenvalue weighted by atomic mass is 16.3. The first-order valence-electron chi connectivity index (χ1n) is 7.73. The molecule has 0 amide bonds. The summed E-state index contributed by atoms with van der Waals surface area (Å²) in [4.78, 5) is 2.66. The fourth-order valence-corrected chi connectivity index (χ4v) is 4.40. The first-order valence-corrected chi connectivity index (χ1v) is 7.73. The molecular weight excluding hydrogens is 210 g/mol. The third-order valence-corrected chi connectivity index (χ3v) is 5.49. The third kappa shape index (κ3) is 2.68. The standard InChI is InChI=1S/C15H27NO/c17-15-7-3-6-14(15)11-16-9-8-12-4-1-2-5-13(12)10-16/h12-15,17H,1-11H2. The number of aliphatic hydroxyl groups is 1. The van der Waals surface area contributed by atoms with Crippen molar-refractivity contribution in [3.8, 4) is 0 Å². The molecule has 2 nitrogen and oxygen atoms in total. The predicted octanol–water partition coefficient (Wildman–Crippen LogP) is 2.66. The van der Waals surface area contributed by atoms with Gasteiger partial charge >= 0.3 is 0 Å². The molecule has 0 aromatic heterocycles. The number of aliphatic hydroxyl groups excluding tert-OH is 1. The van der Waals surface area contributed by atoms with Gasteiger partial charge in [-0.2, -0.15) is 0 Å². The maximum atomic E-state index is 9.93. The molecule has 3 aliphatic rings. The van der Waals surface area contributed by atoms with Crippen molar-refractivity contribution in [3.05, 3.63) is 0 Å². The molecule has 3 fully saturated rings. The fraction of sp³-hybridized carbons (Fsp3) is 1.00. The Labute approximate surface area is 105 Å². The molecule has 2 aliphatic carbocycles. The van der Waals surface area contributed by atoms with Crippen molar-refractivity contribution in [2.75, 3.05) is 19.6 Å². The number of likely N-dealkylation sites (tertiary alicyclic amines) is 1. The highest BCUT2D eigenvalue weighted by molar-refractivity contribution is 4.86. The Balaban J connectivity index is 1.51. The molecule has 1 saturated heterocycles. The van der Waals surface area contributed by atoms with Crippen molar-refractivity contribution in [3.63, 3.8) is 0 Å². The Kier molecular flexibility index (Phi) is 3.72. The summed E-state index contributed by atoms with van der Waals surface area (Å²) < 4.78 is 0. The van der Waals surface area contributed by atoms with Crippen LogP contribution in [-0.2, 0) is 0 Å². The van der Waals surface area contributed by atoms with Crippen molar-refractivity contribution in [1.29, 1.82) is 0 Å². The summed E-state index contributed by atoms with van der Waals surface area (Å²) in [5, 5.41) is 9.93. The molecule has 0 bridgehead atoms. The Bertz CT molecular complexity index is 255. The van der Waals surface area contributed by atoms with Crippen molar-refractivity contribution in [1.82, 2.24) is 4.90 Å². The summed E-state index contributed by atoms with van der Waals surface area (Å²) in [7, 11) is 0. The molecule has 2 heteroatoms. The molecule has 2 saturated carbocycles. The van der Waals surface area contributed by atoms with E-state index in [1.807, 2.05) is 0 Å². The van der Waals surface area contributed by atoms with E-state index in [-0.39, 0.29) is 6.10 Å². The molecule has 1 aliphatic heterocycles. The van der Waals surface area contributed by atoms with E-state index < -0.39 is 0 Å². The van der Waals surface area contributed by atoms with Gasteiger partial charge in [-0.05, 0) is 50.0 Å². The van der Waals surface area contributed by atoms with Crippen molar-refractivity contribution in [2.24, 2.45) is 17.8 Å². The topological polar surface area (TPSA) is 23.5 Å². The molecule has 1 N–H and O–H groups in total. The van der Waals surface area contributed by atoms with Crippen LogP contribution in [0, 0.1) is 17.8 Å². The molecule has 0 radical (unpaired) electrons. The van der Waals surface area contributed by atoms with Gasteiger partial charge in [0.25, 0.3) is 0 Å². The SMILES string of the molecule is OC1CCCC1CN1CCC2CCCCC2C1. The maximum Gasteiger partial charge on any atom is 0.0580 e. The molecule has 4 unspecified atom stereocenters. The van der Waals surface area contributed by atoms with Crippen LogP contribution in [0.25, 0.3) is 0 Å². The lowest BCUT2D eigenvalue weighted by molar-refractivity contribution is 0.0501. The van der Waals surface area contributed by atoms with Gasteiger partial charge in [0.05, 0.1) is 6.10 Å². The van der Waals surface area contributed by atoms with Gasteiger partial charge < -0.3 is 10.0 Å². The van der Waals surface area contributed by atoms with E-state index in [9.17, 15) is 5.11 Å². The molecule has 4 atom stereocenters. The summed E-state index contributed by atoms with van der Waals surface area (Å²) in [6.07, 6.45) is 10.9. The van der Waals surface area contributed by atoms with E-state index in [0.29, 0.717) is 5.92 Å². The number of piperidine rings is 1. The van der Waals surface area contributed by atoms with Gasteiger partial charge in [0.1, 0.15) is 0 Å². The van der Waals surface area contributed by atoms with Crippen LogP contribution >= 0.6 is 0 Å². The lowest BCUT2D eigenvalue weighted by Gasteiger charge is -2.42. The van der Waals surface area contributed by atoms with Crippen LogP contribution in [0.2, 0.25) is 0 Å². The van der Waals surface area contributed by atoms with Gasteiger partial charge in [-0.1, -0.05) is 25.7 Å². The second kappa shape index (κ2) is 5.27. The smallest absolute Gasteiger partial charge is 0.0580 e. The average Bonchev–Trinajstić information content (AvgIpc) is 2.75. The number of hydrogen-bond donors (Lipinski definition) is 1. The lowest BCUT2D eigenvalue weighted by atomic mass is 9.75. The van der Waals surface area contributed by atoms with E-state index in [4.69, 9.17) is 0 Å². The van der Waals surface area contributed by atoms with Gasteiger partial charge in [0, 0.05) is 13.1 Å². The van der Waals surface area contributed by atoms with E-state index in [0.717, 1.165) is 18.3 Å². The van der Waals surface area contributed by atoms with Gasteiger partial charge in [0.15, 0.2) is 0 Å². The van der Waals surface area contributed by atoms with Crippen LogP contribution in [0.3, 0.4) is 0 Å². The summed E-state index contributed by atoms with van der Waals surface area (Å²) >= 11 is 0. The zero-order valence-corrected chi connectivity index (χ0v) is 11.0. The summed E-state index contributed by atoms with van der Waals surface area (Å²) in [6, 6.07) is 0. The van der Waals surface area contributed by atoms with Gasteiger partial charge in [-0.15, -0.1) is 0 Å². The maximum absolute atomic E-state index is 9.93. The molecule has 98 valence electrons. The van der Waals surface area contributed by atoms with Crippen LogP contribution in [0.15, 0.2) is 0 Å². The minimum absolute atomic E-state index is 0.000852. The Morgan fingerprint density at radius 2 is 1.71 bits per heavy atom. The molecule has 1 heterocycles. The van der Waals surface area contributed by atoms with Crippen LogP contribution in [0.4, 0.5) is 0 Å². The number of nitrogens with zero attached hydrogens (tertiary/aromatic N) is 1. The molecule has 0 aromatic rings. The zero-order chi connectivity index (χ0) is 11.7. The largest absolute Gasteiger partial charge is 0.393 e. The number of rotatable bonds is 2. The van der Waals surface area contributed by atoms with Crippen LogP contribution in [0.5, 0.6) is 0 Å².